The van der Waals surface area contributed by atoms with E-state index in [1.807, 2.05) is 12.3 Å². The largest absolute Gasteiger partial charge is 0.271 e. The summed E-state index contributed by atoms with van der Waals surface area (Å²) in [5, 5.41) is 0. The Morgan fingerprint density at radius 2 is 2.05 bits per heavy atom. The number of hydrogen-bond acceptors (Lipinski definition) is 3. The normalized spacial score (nSPS) is 27.1. The Balaban J connectivity index is 1.78. The van der Waals surface area contributed by atoms with Gasteiger partial charge in [-0.3, -0.25) is 16.3 Å². The highest BCUT2D eigenvalue weighted by atomic mass is 19.3. The van der Waals surface area contributed by atoms with E-state index in [2.05, 4.69) is 16.5 Å². The van der Waals surface area contributed by atoms with Crippen molar-refractivity contribution in [1.29, 1.82) is 0 Å². The van der Waals surface area contributed by atoms with Gasteiger partial charge in [0.1, 0.15) is 0 Å². The molecule has 1 fully saturated rings. The first-order chi connectivity index (χ1) is 10.1. The van der Waals surface area contributed by atoms with Crippen LogP contribution in [-0.2, 0) is 6.42 Å². The van der Waals surface area contributed by atoms with Gasteiger partial charge in [-0.25, -0.2) is 8.78 Å². The molecule has 0 radical (unpaired) electrons. The van der Waals surface area contributed by atoms with Crippen LogP contribution in [0.15, 0.2) is 18.3 Å². The number of hydrogen-bond donors (Lipinski definition) is 2. The molecule has 1 aromatic rings. The van der Waals surface area contributed by atoms with Crippen LogP contribution in [0.25, 0.3) is 0 Å². The van der Waals surface area contributed by atoms with E-state index in [-0.39, 0.29) is 30.7 Å². The Hall–Kier alpha value is -1.07. The number of halogens is 2. The predicted octanol–water partition coefficient (Wildman–Crippen LogP) is 3.16. The molecule has 21 heavy (non-hydrogen) atoms. The van der Waals surface area contributed by atoms with Gasteiger partial charge in [0.15, 0.2) is 0 Å². The van der Waals surface area contributed by atoms with Crippen molar-refractivity contribution in [3.8, 4) is 0 Å². The van der Waals surface area contributed by atoms with Gasteiger partial charge in [0.2, 0.25) is 5.92 Å². The van der Waals surface area contributed by atoms with Crippen LogP contribution in [0.3, 0.4) is 0 Å². The van der Waals surface area contributed by atoms with Gasteiger partial charge < -0.3 is 0 Å². The Bertz CT molecular complexity index is 482. The van der Waals surface area contributed by atoms with Crippen LogP contribution in [0.5, 0.6) is 0 Å². The second-order valence-corrected chi connectivity index (χ2v) is 6.43. The molecule has 3 rings (SSSR count). The van der Waals surface area contributed by atoms with E-state index in [1.165, 1.54) is 5.56 Å². The minimum absolute atomic E-state index is 0.0162. The fourth-order valence-corrected chi connectivity index (χ4v) is 4.00. The summed E-state index contributed by atoms with van der Waals surface area (Å²) in [4.78, 5) is 4.55. The van der Waals surface area contributed by atoms with Crippen LogP contribution in [-0.4, -0.2) is 16.9 Å². The zero-order valence-electron chi connectivity index (χ0n) is 12.2. The van der Waals surface area contributed by atoms with Crippen LogP contribution < -0.4 is 11.3 Å². The average molecular weight is 295 g/mol. The highest BCUT2D eigenvalue weighted by Gasteiger charge is 2.40. The number of hydrazine groups is 1. The molecule has 0 saturated heterocycles. The topological polar surface area (TPSA) is 50.9 Å². The predicted molar refractivity (Wildman–Crippen MR) is 77.9 cm³/mol. The SMILES string of the molecule is NNC(C1CCC(F)(F)CC1)C1CCCc2cccnc21. The maximum absolute atomic E-state index is 13.4. The number of nitrogens with two attached hydrogens (primary N) is 1. The molecule has 2 unspecified atom stereocenters. The van der Waals surface area contributed by atoms with Gasteiger partial charge in [-0.2, -0.15) is 0 Å². The van der Waals surface area contributed by atoms with Crippen molar-refractivity contribution in [2.24, 2.45) is 11.8 Å². The monoisotopic (exact) mass is 295 g/mol. The molecule has 1 heterocycles. The molecule has 116 valence electrons. The minimum atomic E-state index is -2.49. The molecule has 3 nitrogen and oxygen atoms in total. The standard InChI is InChI=1S/C16H23F2N3/c17-16(18)8-6-12(7-9-16)15(21-19)13-5-1-3-11-4-2-10-20-14(11)13/h2,4,10,12-13,15,21H,1,3,5-9,19H2. The van der Waals surface area contributed by atoms with Crippen LogP contribution in [0.4, 0.5) is 8.78 Å². The highest BCUT2D eigenvalue weighted by molar-refractivity contribution is 5.27. The Morgan fingerprint density at radius 1 is 1.29 bits per heavy atom. The summed E-state index contributed by atoms with van der Waals surface area (Å²) in [5.74, 6) is 3.77. The molecule has 0 spiro atoms. The summed E-state index contributed by atoms with van der Waals surface area (Å²) in [6.07, 6.45) is 6.08. The third kappa shape index (κ3) is 3.09. The van der Waals surface area contributed by atoms with E-state index in [1.54, 1.807) is 0 Å². The van der Waals surface area contributed by atoms with Crippen LogP contribution in [0.2, 0.25) is 0 Å². The number of aryl methyl sites for hydroxylation is 1. The fourth-order valence-electron chi connectivity index (χ4n) is 4.00. The molecule has 2 atom stereocenters. The van der Waals surface area contributed by atoms with Crippen molar-refractivity contribution in [3.63, 3.8) is 0 Å². The van der Waals surface area contributed by atoms with Gasteiger partial charge in [-0.05, 0) is 49.7 Å². The number of fused-ring (bicyclic) bond motifs is 1. The third-order valence-corrected chi connectivity index (χ3v) is 5.13. The van der Waals surface area contributed by atoms with E-state index in [0.717, 1.165) is 25.0 Å². The number of nitrogens with one attached hydrogen (secondary N) is 1. The summed E-state index contributed by atoms with van der Waals surface area (Å²) in [6, 6.07) is 4.14. The van der Waals surface area contributed by atoms with Crippen molar-refractivity contribution in [2.45, 2.75) is 62.8 Å². The van der Waals surface area contributed by atoms with Crippen molar-refractivity contribution >= 4 is 0 Å². The van der Waals surface area contributed by atoms with E-state index in [4.69, 9.17) is 5.84 Å². The third-order valence-electron chi connectivity index (χ3n) is 5.13. The second-order valence-electron chi connectivity index (χ2n) is 6.43. The summed E-state index contributed by atoms with van der Waals surface area (Å²) in [6.45, 7) is 0. The van der Waals surface area contributed by atoms with Gasteiger partial charge in [-0.15, -0.1) is 0 Å². The Labute approximate surface area is 124 Å². The quantitative estimate of drug-likeness (QED) is 0.665. The number of aromatic nitrogens is 1. The summed E-state index contributed by atoms with van der Waals surface area (Å²) in [5.41, 5.74) is 5.33. The highest BCUT2D eigenvalue weighted by Crippen LogP contribution is 2.42. The number of rotatable bonds is 3. The first-order valence-corrected chi connectivity index (χ1v) is 7.88. The molecule has 2 aliphatic carbocycles. The van der Waals surface area contributed by atoms with Crippen molar-refractivity contribution in [3.05, 3.63) is 29.6 Å². The summed E-state index contributed by atoms with van der Waals surface area (Å²) in [7, 11) is 0. The van der Waals surface area contributed by atoms with Crippen LogP contribution in [0.1, 0.15) is 55.7 Å². The zero-order valence-corrected chi connectivity index (χ0v) is 12.2. The number of nitrogens with zero attached hydrogens (tertiary/aromatic N) is 1. The Morgan fingerprint density at radius 3 is 2.76 bits per heavy atom. The van der Waals surface area contributed by atoms with Crippen LogP contribution >= 0.6 is 0 Å². The summed E-state index contributed by atoms with van der Waals surface area (Å²) < 4.78 is 26.7. The molecular formula is C16H23F2N3. The molecule has 2 aliphatic rings. The molecule has 1 saturated carbocycles. The van der Waals surface area contributed by atoms with Gasteiger partial charge in [0, 0.05) is 36.7 Å². The minimum Gasteiger partial charge on any atom is -0.271 e. The molecule has 1 aromatic heterocycles. The van der Waals surface area contributed by atoms with Gasteiger partial charge in [0.25, 0.3) is 0 Å². The van der Waals surface area contributed by atoms with E-state index in [0.29, 0.717) is 12.8 Å². The molecule has 5 heteroatoms. The number of alkyl halides is 2. The van der Waals surface area contributed by atoms with Crippen molar-refractivity contribution in [2.75, 3.05) is 0 Å². The van der Waals surface area contributed by atoms with Gasteiger partial charge in [0.05, 0.1) is 0 Å². The molecule has 0 bridgehead atoms. The van der Waals surface area contributed by atoms with E-state index >= 15 is 0 Å². The molecule has 0 aromatic carbocycles. The maximum Gasteiger partial charge on any atom is 0.248 e. The number of pyridine rings is 1. The summed E-state index contributed by atoms with van der Waals surface area (Å²) >= 11 is 0. The lowest BCUT2D eigenvalue weighted by atomic mass is 9.73. The first-order valence-electron chi connectivity index (χ1n) is 7.88. The molecular weight excluding hydrogens is 272 g/mol. The van der Waals surface area contributed by atoms with Gasteiger partial charge >= 0.3 is 0 Å². The first kappa shape index (κ1) is 14.9. The van der Waals surface area contributed by atoms with E-state index in [9.17, 15) is 8.78 Å². The average Bonchev–Trinajstić information content (AvgIpc) is 2.50. The maximum atomic E-state index is 13.4. The van der Waals surface area contributed by atoms with Gasteiger partial charge in [-0.1, -0.05) is 6.07 Å². The second kappa shape index (κ2) is 5.97. The lowest BCUT2D eigenvalue weighted by Crippen LogP contribution is -2.48. The van der Waals surface area contributed by atoms with Crippen molar-refractivity contribution < 1.29 is 8.78 Å². The molecule has 0 amide bonds. The van der Waals surface area contributed by atoms with Crippen LogP contribution in [0, 0.1) is 5.92 Å². The Kier molecular flexibility index (Phi) is 4.22. The van der Waals surface area contributed by atoms with Crippen molar-refractivity contribution in [1.82, 2.24) is 10.4 Å². The zero-order chi connectivity index (χ0) is 14.9. The van der Waals surface area contributed by atoms with E-state index < -0.39 is 5.92 Å². The lowest BCUT2D eigenvalue weighted by Gasteiger charge is -2.39. The molecule has 3 N–H and O–H groups in total. The molecule has 0 aliphatic heterocycles. The smallest absolute Gasteiger partial charge is 0.248 e. The lowest BCUT2D eigenvalue weighted by molar-refractivity contribution is -0.0509. The fraction of sp³-hybridized carbons (Fsp3) is 0.688.